The van der Waals surface area contributed by atoms with Crippen LogP contribution in [0.15, 0.2) is 146 Å². The Morgan fingerprint density at radius 2 is 1.54 bits per heavy atom. The zero-order chi connectivity index (χ0) is 30.4. The van der Waals surface area contributed by atoms with Crippen molar-refractivity contribution in [3.05, 3.63) is 144 Å². The SMILES string of the molecule is CC1C=C(C2=CC(c3ccccc3)=NC(N3c4cc5oc6cc7c(cc6c5cc4C4=CC=CCC43)oc3ccccc37)N2)C=CC1. The molecule has 0 fully saturated rings. The highest BCUT2D eigenvalue weighted by Gasteiger charge is 2.40. The lowest BCUT2D eigenvalue weighted by molar-refractivity contribution is 0.523. The summed E-state index contributed by atoms with van der Waals surface area (Å²) in [5, 5.41) is 8.21. The summed E-state index contributed by atoms with van der Waals surface area (Å²) in [5.41, 5.74) is 11.6. The Balaban J connectivity index is 1.14. The first kappa shape index (κ1) is 25.7. The molecule has 10 rings (SSSR count). The summed E-state index contributed by atoms with van der Waals surface area (Å²) in [4.78, 5) is 7.84. The van der Waals surface area contributed by atoms with Crippen molar-refractivity contribution in [2.45, 2.75) is 32.1 Å². The summed E-state index contributed by atoms with van der Waals surface area (Å²) < 4.78 is 12.9. The molecule has 3 unspecified atom stereocenters. The minimum atomic E-state index is -0.293. The van der Waals surface area contributed by atoms with Crippen LogP contribution in [0.2, 0.25) is 0 Å². The van der Waals surface area contributed by atoms with Gasteiger partial charge in [0.05, 0.1) is 17.4 Å². The minimum absolute atomic E-state index is 0.160. The first-order chi connectivity index (χ1) is 22.7. The monoisotopic (exact) mass is 597 g/mol. The lowest BCUT2D eigenvalue weighted by Gasteiger charge is -2.37. The zero-order valence-corrected chi connectivity index (χ0v) is 25.4. The zero-order valence-electron chi connectivity index (χ0n) is 25.4. The van der Waals surface area contributed by atoms with Crippen LogP contribution in [-0.2, 0) is 0 Å². The topological polar surface area (TPSA) is 53.9 Å². The third kappa shape index (κ3) is 3.84. The summed E-state index contributed by atoms with van der Waals surface area (Å²) in [6.45, 7) is 2.27. The molecular formula is C41H31N3O2. The fourth-order valence-electron chi connectivity index (χ4n) is 7.70. The molecule has 3 atom stereocenters. The van der Waals surface area contributed by atoms with Gasteiger partial charge < -0.3 is 19.1 Å². The molecule has 6 aromatic rings. The van der Waals surface area contributed by atoms with Crippen molar-refractivity contribution in [1.82, 2.24) is 5.32 Å². The molecule has 2 aliphatic carbocycles. The van der Waals surface area contributed by atoms with Gasteiger partial charge in [-0.25, -0.2) is 4.99 Å². The number of nitrogens with zero attached hydrogens (tertiary/aromatic N) is 2. The van der Waals surface area contributed by atoms with Gasteiger partial charge in [-0.15, -0.1) is 0 Å². The second-order valence-corrected chi connectivity index (χ2v) is 12.8. The van der Waals surface area contributed by atoms with Gasteiger partial charge >= 0.3 is 0 Å². The molecule has 4 aliphatic rings. The summed E-state index contributed by atoms with van der Waals surface area (Å²) in [5.74, 6) is 0.493. The quantitative estimate of drug-likeness (QED) is 0.221. The number of aliphatic imine (C=N–C) groups is 1. The third-order valence-electron chi connectivity index (χ3n) is 9.88. The van der Waals surface area contributed by atoms with Gasteiger partial charge in [0.25, 0.3) is 0 Å². The highest BCUT2D eigenvalue weighted by molar-refractivity contribution is 6.16. The Hall–Kier alpha value is -5.55. The average molecular weight is 598 g/mol. The standard InChI is InChI=1S/C41H31N3O2/c1-24-10-9-13-26(18-24)34-22-33(25-11-3-2-4-12-25)42-41(43-34)44-35-16-7-5-14-27(35)29-19-30-32-21-38-31(28-15-6-8-17-37(28)45-38)20-39(32)46-40(30)23-36(29)44/h2-9,11-15,17-24,35,41,43H,10,16H2,1H3. The predicted octanol–water partition coefficient (Wildman–Crippen LogP) is 9.80. The molecule has 0 bridgehead atoms. The molecular weight excluding hydrogens is 566 g/mol. The average Bonchev–Trinajstić information content (AvgIpc) is 3.75. The number of benzene rings is 4. The van der Waals surface area contributed by atoms with E-state index in [9.17, 15) is 0 Å². The van der Waals surface area contributed by atoms with E-state index in [0.29, 0.717) is 5.92 Å². The van der Waals surface area contributed by atoms with Gasteiger partial charge in [0.2, 0.25) is 0 Å². The number of para-hydroxylation sites is 1. The van der Waals surface area contributed by atoms with E-state index in [-0.39, 0.29) is 12.3 Å². The molecule has 0 radical (unpaired) electrons. The Kier molecular flexibility index (Phi) is 5.44. The molecule has 0 saturated heterocycles. The number of anilines is 1. The van der Waals surface area contributed by atoms with E-state index in [1.54, 1.807) is 0 Å². The van der Waals surface area contributed by atoms with Gasteiger partial charge in [-0.2, -0.15) is 0 Å². The maximum absolute atomic E-state index is 6.62. The Morgan fingerprint density at radius 1 is 0.783 bits per heavy atom. The molecule has 5 nitrogen and oxygen atoms in total. The fraction of sp³-hybridized carbons (Fsp3) is 0.146. The largest absolute Gasteiger partial charge is 0.456 e. The second-order valence-electron chi connectivity index (χ2n) is 12.8. The number of furan rings is 2. The number of allylic oxidation sites excluding steroid dienone is 6. The van der Waals surface area contributed by atoms with Gasteiger partial charge in [0, 0.05) is 38.9 Å². The van der Waals surface area contributed by atoms with Crippen LogP contribution >= 0.6 is 0 Å². The molecule has 0 saturated carbocycles. The van der Waals surface area contributed by atoms with E-state index in [2.05, 4.69) is 126 Å². The molecule has 4 heterocycles. The summed E-state index contributed by atoms with van der Waals surface area (Å²) >= 11 is 0. The van der Waals surface area contributed by atoms with Crippen LogP contribution in [0.25, 0.3) is 49.5 Å². The smallest absolute Gasteiger partial charge is 0.197 e. The van der Waals surface area contributed by atoms with Crippen LogP contribution < -0.4 is 10.2 Å². The van der Waals surface area contributed by atoms with E-state index < -0.39 is 0 Å². The third-order valence-corrected chi connectivity index (χ3v) is 9.88. The van der Waals surface area contributed by atoms with Crippen LogP contribution in [0.3, 0.4) is 0 Å². The van der Waals surface area contributed by atoms with Crippen molar-refractivity contribution in [1.29, 1.82) is 0 Å². The number of hydrogen-bond donors (Lipinski definition) is 1. The van der Waals surface area contributed by atoms with Crippen LogP contribution in [-0.4, -0.2) is 18.0 Å². The molecule has 0 amide bonds. The van der Waals surface area contributed by atoms with Crippen molar-refractivity contribution >= 4 is 60.8 Å². The van der Waals surface area contributed by atoms with Gasteiger partial charge in [0.15, 0.2) is 6.29 Å². The lowest BCUT2D eigenvalue weighted by Crippen LogP contribution is -2.50. The van der Waals surface area contributed by atoms with E-state index in [4.69, 9.17) is 13.8 Å². The summed E-state index contributed by atoms with van der Waals surface area (Å²) in [6.07, 6.45) is 17.5. The number of rotatable bonds is 3. The van der Waals surface area contributed by atoms with Crippen molar-refractivity contribution in [2.75, 3.05) is 4.90 Å². The Bertz CT molecular complexity index is 2430. The molecule has 1 N–H and O–H groups in total. The number of hydrogen-bond acceptors (Lipinski definition) is 5. The van der Waals surface area contributed by atoms with Crippen LogP contribution in [0.5, 0.6) is 0 Å². The lowest BCUT2D eigenvalue weighted by atomic mass is 9.94. The van der Waals surface area contributed by atoms with Crippen molar-refractivity contribution in [2.24, 2.45) is 10.9 Å². The Labute approximate surface area is 266 Å². The van der Waals surface area contributed by atoms with Gasteiger partial charge in [0.1, 0.15) is 22.3 Å². The first-order valence-electron chi connectivity index (χ1n) is 16.2. The maximum Gasteiger partial charge on any atom is 0.197 e. The Morgan fingerprint density at radius 3 is 2.41 bits per heavy atom. The first-order valence-corrected chi connectivity index (χ1v) is 16.2. The van der Waals surface area contributed by atoms with Crippen molar-refractivity contribution in [3.8, 4) is 0 Å². The van der Waals surface area contributed by atoms with Crippen LogP contribution in [0.4, 0.5) is 5.69 Å². The van der Waals surface area contributed by atoms with E-state index in [1.165, 1.54) is 16.7 Å². The van der Waals surface area contributed by atoms with Crippen LogP contribution in [0.1, 0.15) is 30.9 Å². The van der Waals surface area contributed by atoms with Gasteiger partial charge in [-0.1, -0.05) is 91.9 Å². The minimum Gasteiger partial charge on any atom is -0.456 e. The van der Waals surface area contributed by atoms with Gasteiger partial charge in [-0.05, 0) is 65.8 Å². The fourth-order valence-corrected chi connectivity index (χ4v) is 7.70. The summed E-state index contributed by atoms with van der Waals surface area (Å²) in [7, 11) is 0. The molecule has 5 heteroatoms. The van der Waals surface area contributed by atoms with E-state index >= 15 is 0 Å². The second kappa shape index (κ2) is 9.72. The van der Waals surface area contributed by atoms with Gasteiger partial charge in [-0.3, -0.25) is 0 Å². The molecule has 4 aromatic carbocycles. The summed E-state index contributed by atoms with van der Waals surface area (Å²) in [6, 6.07) is 27.7. The maximum atomic E-state index is 6.62. The van der Waals surface area contributed by atoms with Crippen molar-refractivity contribution in [3.63, 3.8) is 0 Å². The van der Waals surface area contributed by atoms with Crippen molar-refractivity contribution < 1.29 is 8.83 Å². The normalized spacial score (nSPS) is 22.1. The molecule has 2 aliphatic heterocycles. The highest BCUT2D eigenvalue weighted by atomic mass is 16.3. The molecule has 222 valence electrons. The molecule has 46 heavy (non-hydrogen) atoms. The van der Waals surface area contributed by atoms with Crippen LogP contribution in [0, 0.1) is 5.92 Å². The highest BCUT2D eigenvalue weighted by Crippen LogP contribution is 2.48. The molecule has 2 aromatic heterocycles. The molecule has 0 spiro atoms. The number of nitrogens with one attached hydrogen (secondary N) is 1. The number of fused-ring (bicyclic) bond motifs is 9. The van der Waals surface area contributed by atoms with E-state index in [0.717, 1.165) is 79.4 Å². The predicted molar refractivity (Wildman–Crippen MR) is 188 cm³/mol. The van der Waals surface area contributed by atoms with E-state index in [1.807, 2.05) is 12.1 Å².